The van der Waals surface area contributed by atoms with Gasteiger partial charge in [0.15, 0.2) is 5.96 Å². The topological polar surface area (TPSA) is 54.9 Å². The highest BCUT2D eigenvalue weighted by atomic mass is 127. The van der Waals surface area contributed by atoms with Crippen LogP contribution in [0.2, 0.25) is 0 Å². The Hall–Kier alpha value is -1.09. The van der Waals surface area contributed by atoms with Gasteiger partial charge in [-0.2, -0.15) is 0 Å². The van der Waals surface area contributed by atoms with E-state index in [4.69, 9.17) is 9.47 Å². The zero-order valence-electron chi connectivity index (χ0n) is 13.8. The molecule has 1 aromatic rings. The second kappa shape index (κ2) is 9.27. The first kappa shape index (κ1) is 20.0. The van der Waals surface area contributed by atoms with Crippen LogP contribution in [0, 0.1) is 11.2 Å². The molecule has 1 unspecified atom stereocenters. The molecule has 0 saturated carbocycles. The van der Waals surface area contributed by atoms with Crippen LogP contribution in [0.3, 0.4) is 0 Å². The maximum Gasteiger partial charge on any atom is 0.191 e. The van der Waals surface area contributed by atoms with E-state index in [9.17, 15) is 4.39 Å². The van der Waals surface area contributed by atoms with Gasteiger partial charge in [0, 0.05) is 25.1 Å². The molecule has 0 aromatic heterocycles. The minimum Gasteiger partial charge on any atom is -0.489 e. The fourth-order valence-corrected chi connectivity index (χ4v) is 2.12. The van der Waals surface area contributed by atoms with Crippen molar-refractivity contribution in [1.82, 2.24) is 10.6 Å². The summed E-state index contributed by atoms with van der Waals surface area (Å²) in [5.74, 6) is 0.949. The SMILES string of the molecule is CN=C(NCC(C)Oc1cccc(F)c1)NCC1(C)COC1.I. The van der Waals surface area contributed by atoms with Crippen molar-refractivity contribution in [3.63, 3.8) is 0 Å². The lowest BCUT2D eigenvalue weighted by atomic mass is 9.89. The van der Waals surface area contributed by atoms with E-state index in [1.165, 1.54) is 12.1 Å². The minimum atomic E-state index is -0.300. The van der Waals surface area contributed by atoms with Gasteiger partial charge in [0.05, 0.1) is 19.8 Å². The highest BCUT2D eigenvalue weighted by Gasteiger charge is 2.33. The van der Waals surface area contributed by atoms with Gasteiger partial charge >= 0.3 is 0 Å². The Morgan fingerprint density at radius 2 is 2.17 bits per heavy atom. The zero-order chi connectivity index (χ0) is 16.0. The number of halogens is 2. The molecule has 7 heteroatoms. The summed E-state index contributed by atoms with van der Waals surface area (Å²) >= 11 is 0. The number of hydrogen-bond donors (Lipinski definition) is 2. The molecule has 0 aliphatic carbocycles. The third kappa shape index (κ3) is 6.50. The lowest BCUT2D eigenvalue weighted by Crippen LogP contribution is -2.51. The van der Waals surface area contributed by atoms with E-state index < -0.39 is 0 Å². The van der Waals surface area contributed by atoms with Crippen molar-refractivity contribution in [3.05, 3.63) is 30.1 Å². The summed E-state index contributed by atoms with van der Waals surface area (Å²) in [5, 5.41) is 6.49. The average molecular weight is 437 g/mol. The largest absolute Gasteiger partial charge is 0.489 e. The Morgan fingerprint density at radius 1 is 1.43 bits per heavy atom. The number of nitrogens with zero attached hydrogens (tertiary/aromatic N) is 1. The van der Waals surface area contributed by atoms with E-state index >= 15 is 0 Å². The lowest BCUT2D eigenvalue weighted by molar-refractivity contribution is -0.0971. The maximum absolute atomic E-state index is 13.1. The summed E-state index contributed by atoms with van der Waals surface area (Å²) < 4.78 is 24.0. The third-order valence-electron chi connectivity index (χ3n) is 3.50. The molecular formula is C16H25FIN3O2. The molecule has 23 heavy (non-hydrogen) atoms. The fourth-order valence-electron chi connectivity index (χ4n) is 2.12. The second-order valence-corrected chi connectivity index (χ2v) is 6.00. The summed E-state index contributed by atoms with van der Waals surface area (Å²) in [6.07, 6.45) is -0.108. The minimum absolute atomic E-state index is 0. The molecule has 1 aliphatic rings. The van der Waals surface area contributed by atoms with Crippen molar-refractivity contribution in [2.24, 2.45) is 10.4 Å². The average Bonchev–Trinajstić information content (AvgIpc) is 2.45. The first-order chi connectivity index (χ1) is 10.5. The van der Waals surface area contributed by atoms with Gasteiger partial charge in [-0.25, -0.2) is 4.39 Å². The van der Waals surface area contributed by atoms with E-state index in [-0.39, 0.29) is 41.3 Å². The molecule has 1 atom stereocenters. The predicted molar refractivity (Wildman–Crippen MR) is 100 cm³/mol. The Morgan fingerprint density at radius 3 is 2.74 bits per heavy atom. The number of nitrogens with one attached hydrogen (secondary N) is 2. The molecular weight excluding hydrogens is 412 g/mol. The molecule has 0 bridgehead atoms. The second-order valence-electron chi connectivity index (χ2n) is 6.00. The number of benzene rings is 1. The fraction of sp³-hybridized carbons (Fsp3) is 0.562. The van der Waals surface area contributed by atoms with Gasteiger partial charge in [-0.3, -0.25) is 4.99 Å². The van der Waals surface area contributed by atoms with Crippen LogP contribution in [0.1, 0.15) is 13.8 Å². The number of aliphatic imine (C=N–C) groups is 1. The smallest absolute Gasteiger partial charge is 0.191 e. The van der Waals surface area contributed by atoms with Crippen LogP contribution in [-0.4, -0.2) is 45.4 Å². The van der Waals surface area contributed by atoms with Gasteiger partial charge < -0.3 is 20.1 Å². The van der Waals surface area contributed by atoms with Crippen molar-refractivity contribution >= 4 is 29.9 Å². The van der Waals surface area contributed by atoms with Crippen LogP contribution in [0.4, 0.5) is 4.39 Å². The molecule has 1 saturated heterocycles. The van der Waals surface area contributed by atoms with Crippen molar-refractivity contribution in [3.8, 4) is 5.75 Å². The Bertz CT molecular complexity index is 524. The van der Waals surface area contributed by atoms with Crippen LogP contribution in [-0.2, 0) is 4.74 Å². The lowest BCUT2D eigenvalue weighted by Gasteiger charge is -2.38. The van der Waals surface area contributed by atoms with Crippen LogP contribution >= 0.6 is 24.0 Å². The highest BCUT2D eigenvalue weighted by molar-refractivity contribution is 14.0. The quantitative estimate of drug-likeness (QED) is 0.408. The standard InChI is InChI=1S/C16H24FN3O2.HI/c1-12(22-14-6-4-5-13(17)7-14)8-19-15(18-3)20-9-16(2)10-21-11-16;/h4-7,12H,8-11H2,1-3H3,(H2,18,19,20);1H. The number of guanidine groups is 1. The molecule has 0 amide bonds. The van der Waals surface area contributed by atoms with Crippen molar-refractivity contribution in [2.75, 3.05) is 33.4 Å². The van der Waals surface area contributed by atoms with E-state index in [2.05, 4.69) is 22.5 Å². The monoisotopic (exact) mass is 437 g/mol. The number of ether oxygens (including phenoxy) is 2. The van der Waals surface area contributed by atoms with Gasteiger partial charge in [-0.05, 0) is 19.1 Å². The summed E-state index contributed by atoms with van der Waals surface area (Å²) in [6.45, 7) is 7.03. The van der Waals surface area contributed by atoms with Gasteiger partial charge in [-0.15, -0.1) is 24.0 Å². The first-order valence-corrected chi connectivity index (χ1v) is 7.45. The van der Waals surface area contributed by atoms with Gasteiger partial charge in [0.1, 0.15) is 17.7 Å². The van der Waals surface area contributed by atoms with E-state index in [0.717, 1.165) is 25.7 Å². The number of hydrogen-bond acceptors (Lipinski definition) is 3. The molecule has 2 rings (SSSR count). The van der Waals surface area contributed by atoms with Gasteiger partial charge in [-0.1, -0.05) is 13.0 Å². The van der Waals surface area contributed by atoms with E-state index in [1.54, 1.807) is 19.2 Å². The van der Waals surface area contributed by atoms with Gasteiger partial charge in [0.2, 0.25) is 0 Å². The van der Waals surface area contributed by atoms with Crippen molar-refractivity contribution in [1.29, 1.82) is 0 Å². The Labute approximate surface area is 154 Å². The molecule has 130 valence electrons. The summed E-state index contributed by atoms with van der Waals surface area (Å²) in [7, 11) is 1.73. The number of rotatable bonds is 6. The van der Waals surface area contributed by atoms with Crippen LogP contribution < -0.4 is 15.4 Å². The maximum atomic E-state index is 13.1. The Balaban J connectivity index is 0.00000264. The first-order valence-electron chi connectivity index (χ1n) is 7.45. The molecule has 1 aromatic carbocycles. The van der Waals surface area contributed by atoms with E-state index in [0.29, 0.717) is 12.3 Å². The van der Waals surface area contributed by atoms with Crippen LogP contribution in [0.25, 0.3) is 0 Å². The van der Waals surface area contributed by atoms with Crippen molar-refractivity contribution < 1.29 is 13.9 Å². The zero-order valence-corrected chi connectivity index (χ0v) is 16.1. The predicted octanol–water partition coefficient (Wildman–Crippen LogP) is 2.41. The Kier molecular flexibility index (Phi) is 8.04. The molecule has 0 spiro atoms. The molecule has 0 radical (unpaired) electrons. The molecule has 1 aliphatic heterocycles. The summed E-state index contributed by atoms with van der Waals surface area (Å²) in [6, 6.07) is 6.14. The summed E-state index contributed by atoms with van der Waals surface area (Å²) in [5.41, 5.74) is 0.182. The van der Waals surface area contributed by atoms with E-state index in [1.807, 2.05) is 6.92 Å². The molecule has 1 fully saturated rings. The molecule has 1 heterocycles. The van der Waals surface area contributed by atoms with Crippen LogP contribution in [0.5, 0.6) is 5.75 Å². The normalized spacial score (nSPS) is 17.5. The molecule has 5 nitrogen and oxygen atoms in total. The van der Waals surface area contributed by atoms with Gasteiger partial charge in [0.25, 0.3) is 0 Å². The molecule has 2 N–H and O–H groups in total. The summed E-state index contributed by atoms with van der Waals surface area (Å²) in [4.78, 5) is 4.18. The van der Waals surface area contributed by atoms with Crippen molar-refractivity contribution in [2.45, 2.75) is 20.0 Å². The van der Waals surface area contributed by atoms with Crippen LogP contribution in [0.15, 0.2) is 29.3 Å². The third-order valence-corrected chi connectivity index (χ3v) is 3.50. The highest BCUT2D eigenvalue weighted by Crippen LogP contribution is 2.24.